The summed E-state index contributed by atoms with van der Waals surface area (Å²) in [6.45, 7) is 2.58. The van der Waals surface area contributed by atoms with E-state index >= 15 is 0 Å². The minimum atomic E-state index is -1.35. The van der Waals surface area contributed by atoms with Crippen LogP contribution in [-0.2, 0) is 20.7 Å². The van der Waals surface area contributed by atoms with Gasteiger partial charge in [0.1, 0.15) is 11.6 Å². The summed E-state index contributed by atoms with van der Waals surface area (Å²) < 4.78 is 23.6. The molecule has 2 aromatic rings. The molecule has 146 valence electrons. The van der Waals surface area contributed by atoms with Gasteiger partial charge in [-0.2, -0.15) is 0 Å². The van der Waals surface area contributed by atoms with Crippen LogP contribution >= 0.6 is 0 Å². The maximum atomic E-state index is 13.0. The third-order valence-corrected chi connectivity index (χ3v) is 4.34. The summed E-state index contributed by atoms with van der Waals surface area (Å²) in [5, 5.41) is 2.75. The van der Waals surface area contributed by atoms with Crippen LogP contribution < -0.4 is 10.1 Å². The fourth-order valence-electron chi connectivity index (χ4n) is 2.78. The van der Waals surface area contributed by atoms with Crippen LogP contribution in [0, 0.1) is 5.82 Å². The number of esters is 1. The van der Waals surface area contributed by atoms with E-state index < -0.39 is 24.0 Å². The van der Waals surface area contributed by atoms with Crippen LogP contribution in [0.4, 0.5) is 10.1 Å². The van der Waals surface area contributed by atoms with E-state index in [1.807, 2.05) is 0 Å². The molecule has 0 bridgehead atoms. The van der Waals surface area contributed by atoms with E-state index in [1.54, 1.807) is 18.2 Å². The predicted molar refractivity (Wildman–Crippen MR) is 99.8 cm³/mol. The lowest BCUT2D eigenvalue weighted by Crippen LogP contribution is -2.40. The summed E-state index contributed by atoms with van der Waals surface area (Å²) in [6.07, 6.45) is 0.926. The van der Waals surface area contributed by atoms with Gasteiger partial charge in [-0.05, 0) is 68.3 Å². The molecule has 1 aliphatic heterocycles. The first kappa shape index (κ1) is 19.5. The fraction of sp³-hybridized carbons (Fsp3) is 0.286. The van der Waals surface area contributed by atoms with Gasteiger partial charge in [0.05, 0.1) is 0 Å². The minimum Gasteiger partial charge on any atom is -0.476 e. The number of hydrogen-bond acceptors (Lipinski definition) is 5. The van der Waals surface area contributed by atoms with Gasteiger partial charge in [-0.15, -0.1) is 0 Å². The lowest BCUT2D eigenvalue weighted by molar-refractivity contribution is -0.158. The number of fused-ring (bicyclic) bond motifs is 1. The maximum Gasteiger partial charge on any atom is 0.350 e. The summed E-state index contributed by atoms with van der Waals surface area (Å²) in [6, 6.07) is 10.2. The number of benzene rings is 2. The highest BCUT2D eigenvalue weighted by Gasteiger charge is 2.32. The van der Waals surface area contributed by atoms with Gasteiger partial charge in [-0.3, -0.25) is 9.59 Å². The highest BCUT2D eigenvalue weighted by Crippen LogP contribution is 2.24. The van der Waals surface area contributed by atoms with Crippen molar-refractivity contribution >= 4 is 23.3 Å². The van der Waals surface area contributed by atoms with Crippen molar-refractivity contribution in [1.29, 1.82) is 0 Å². The van der Waals surface area contributed by atoms with Gasteiger partial charge >= 0.3 is 5.97 Å². The van der Waals surface area contributed by atoms with Crippen LogP contribution in [0.3, 0.4) is 0 Å². The van der Waals surface area contributed by atoms with Crippen LogP contribution in [0.2, 0.25) is 0 Å². The molecule has 0 saturated heterocycles. The van der Waals surface area contributed by atoms with E-state index in [4.69, 9.17) is 9.47 Å². The zero-order valence-corrected chi connectivity index (χ0v) is 15.6. The molecule has 28 heavy (non-hydrogen) atoms. The van der Waals surface area contributed by atoms with Gasteiger partial charge < -0.3 is 14.8 Å². The lowest BCUT2D eigenvalue weighted by Gasteiger charge is -2.24. The second-order valence-corrected chi connectivity index (χ2v) is 6.99. The van der Waals surface area contributed by atoms with Crippen molar-refractivity contribution in [3.63, 3.8) is 0 Å². The van der Waals surface area contributed by atoms with Crippen LogP contribution in [0.25, 0.3) is 0 Å². The van der Waals surface area contributed by atoms with Crippen molar-refractivity contribution in [2.45, 2.75) is 32.3 Å². The number of anilines is 1. The Bertz CT molecular complexity index is 921. The second-order valence-electron chi connectivity index (χ2n) is 6.99. The smallest absolute Gasteiger partial charge is 0.350 e. The number of nitrogens with one attached hydrogen (secondary N) is 1. The first-order valence-electron chi connectivity index (χ1n) is 8.82. The van der Waals surface area contributed by atoms with E-state index in [1.165, 1.54) is 38.1 Å². The molecule has 6 nitrogen and oxygen atoms in total. The highest BCUT2D eigenvalue weighted by molar-refractivity contribution is 6.00. The molecule has 0 aromatic heterocycles. The normalized spacial score (nSPS) is 13.3. The highest BCUT2D eigenvalue weighted by atomic mass is 19.1. The number of rotatable bonds is 6. The summed E-state index contributed by atoms with van der Waals surface area (Å²) in [4.78, 5) is 36.1. The molecule has 1 heterocycles. The monoisotopic (exact) mass is 385 g/mol. The van der Waals surface area contributed by atoms with Crippen LogP contribution in [-0.4, -0.2) is 29.9 Å². The van der Waals surface area contributed by atoms with Crippen molar-refractivity contribution in [2.24, 2.45) is 0 Å². The summed E-state index contributed by atoms with van der Waals surface area (Å²) >= 11 is 0. The molecule has 1 aliphatic rings. The number of amides is 1. The van der Waals surface area contributed by atoms with Gasteiger partial charge in [-0.25, -0.2) is 9.18 Å². The Kier molecular flexibility index (Phi) is 5.44. The van der Waals surface area contributed by atoms with E-state index in [0.717, 1.165) is 5.56 Å². The Morgan fingerprint density at radius 2 is 1.82 bits per heavy atom. The molecule has 0 atom stereocenters. The third kappa shape index (κ3) is 4.54. The zero-order valence-electron chi connectivity index (χ0n) is 15.6. The first-order valence-corrected chi connectivity index (χ1v) is 8.82. The van der Waals surface area contributed by atoms with Gasteiger partial charge in [0.15, 0.2) is 18.0 Å². The summed E-state index contributed by atoms with van der Waals surface area (Å²) in [7, 11) is 0. The Hall–Kier alpha value is -3.22. The Labute approximate surface area is 161 Å². The number of halogens is 1. The molecule has 0 fully saturated rings. The molecule has 1 amide bonds. The first-order chi connectivity index (χ1) is 13.2. The predicted octanol–water partition coefficient (Wildman–Crippen LogP) is 3.29. The largest absolute Gasteiger partial charge is 0.476 e. The third-order valence-electron chi connectivity index (χ3n) is 4.34. The molecule has 0 aliphatic carbocycles. The summed E-state index contributed by atoms with van der Waals surface area (Å²) in [5.41, 5.74) is 0.619. The summed E-state index contributed by atoms with van der Waals surface area (Å²) in [5.74, 6) is -1.22. The number of ether oxygens (including phenoxy) is 2. The molecule has 0 radical (unpaired) electrons. The van der Waals surface area contributed by atoms with Crippen LogP contribution in [0.1, 0.15) is 36.2 Å². The Morgan fingerprint density at radius 1 is 1.11 bits per heavy atom. The number of Topliss-reactive ketones (excluding diaryl/α,β-unsaturated/α-hetero) is 1. The Balaban J connectivity index is 1.59. The van der Waals surface area contributed by atoms with Crippen LogP contribution in [0.5, 0.6) is 5.75 Å². The van der Waals surface area contributed by atoms with Crippen molar-refractivity contribution in [3.05, 3.63) is 59.4 Å². The molecular formula is C21H20FNO5. The van der Waals surface area contributed by atoms with E-state index in [9.17, 15) is 18.8 Å². The SMILES string of the molecule is CC(C)(Oc1ccc(F)cc1)C(=O)OCC(=O)c1ccc2c(c1)CCC(=O)N2. The average molecular weight is 385 g/mol. The number of aryl methyl sites for hydroxylation is 1. The van der Waals surface area contributed by atoms with Crippen LogP contribution in [0.15, 0.2) is 42.5 Å². The van der Waals surface area contributed by atoms with Gasteiger partial charge in [0, 0.05) is 17.7 Å². The van der Waals surface area contributed by atoms with Crippen molar-refractivity contribution in [3.8, 4) is 5.75 Å². The number of carbonyl (C=O) groups is 3. The molecule has 7 heteroatoms. The molecular weight excluding hydrogens is 365 g/mol. The quantitative estimate of drug-likeness (QED) is 0.610. The number of hydrogen-bond donors (Lipinski definition) is 1. The maximum absolute atomic E-state index is 13.0. The van der Waals surface area contributed by atoms with Gasteiger partial charge in [0.2, 0.25) is 5.91 Å². The van der Waals surface area contributed by atoms with Crippen molar-refractivity contribution in [2.75, 3.05) is 11.9 Å². The van der Waals surface area contributed by atoms with Crippen molar-refractivity contribution < 1.29 is 28.2 Å². The van der Waals surface area contributed by atoms with Gasteiger partial charge in [0.25, 0.3) is 0 Å². The van der Waals surface area contributed by atoms with E-state index in [-0.39, 0.29) is 11.7 Å². The van der Waals surface area contributed by atoms with Gasteiger partial charge in [-0.1, -0.05) is 0 Å². The fourth-order valence-corrected chi connectivity index (χ4v) is 2.78. The molecule has 3 rings (SSSR count). The molecule has 0 unspecified atom stereocenters. The number of ketones is 1. The standard InChI is InChI=1S/C21H20FNO5/c1-21(2,28-16-7-5-15(22)6-8-16)20(26)27-12-18(24)14-3-9-17-13(11-14)4-10-19(25)23-17/h3,5-9,11H,4,10,12H2,1-2H3,(H,23,25). The topological polar surface area (TPSA) is 81.7 Å². The molecule has 0 saturated carbocycles. The zero-order chi connectivity index (χ0) is 20.3. The average Bonchev–Trinajstić information content (AvgIpc) is 2.67. The molecule has 1 N–H and O–H groups in total. The molecule has 0 spiro atoms. The lowest BCUT2D eigenvalue weighted by atomic mass is 9.99. The Morgan fingerprint density at radius 3 is 2.54 bits per heavy atom. The van der Waals surface area contributed by atoms with Crippen molar-refractivity contribution in [1.82, 2.24) is 0 Å². The number of carbonyl (C=O) groups excluding carboxylic acids is 3. The van der Waals surface area contributed by atoms with E-state index in [0.29, 0.717) is 29.8 Å². The molecule has 2 aromatic carbocycles. The second kappa shape index (κ2) is 7.80. The van der Waals surface area contributed by atoms with E-state index in [2.05, 4.69) is 5.32 Å². The minimum absolute atomic E-state index is 0.0520.